The topological polar surface area (TPSA) is 22.9 Å². The van der Waals surface area contributed by atoms with Crippen molar-refractivity contribution in [2.75, 3.05) is 0 Å². The fourth-order valence-electron chi connectivity index (χ4n) is 3.41. The zero-order chi connectivity index (χ0) is 10.4. The molecule has 3 aliphatic carbocycles. The third kappa shape index (κ3) is 1.41. The summed E-state index contributed by atoms with van der Waals surface area (Å²) >= 11 is 0. The Hall–Kier alpha value is -0.820. The number of hydrogen-bond donors (Lipinski definition) is 0. The highest BCUT2D eigenvalue weighted by atomic mass is 16.3. The van der Waals surface area contributed by atoms with Crippen LogP contribution in [-0.2, 0) is 5.41 Å². The Morgan fingerprint density at radius 2 is 1.33 bits per heavy atom. The number of rotatable bonds is 1. The molecule has 0 radical (unpaired) electrons. The van der Waals surface area contributed by atoms with Crippen LogP contribution in [0.15, 0.2) is 30.3 Å². The molecule has 3 saturated carbocycles. The molecule has 1 aromatic rings. The molecule has 2 N–H and O–H groups in total. The Morgan fingerprint density at radius 1 is 0.800 bits per heavy atom. The molecule has 3 fully saturated rings. The smallest absolute Gasteiger partial charge is 0.163 e. The molecular formula is C14H19O+. The van der Waals surface area contributed by atoms with Gasteiger partial charge in [-0.1, -0.05) is 30.3 Å². The minimum absolute atomic E-state index is 0.0590. The molecule has 0 amide bonds. The molecule has 2 bridgehead atoms. The van der Waals surface area contributed by atoms with Crippen molar-refractivity contribution in [2.24, 2.45) is 0 Å². The van der Waals surface area contributed by atoms with Crippen LogP contribution in [0.4, 0.5) is 0 Å². The van der Waals surface area contributed by atoms with E-state index in [1.165, 1.54) is 24.8 Å². The lowest BCUT2D eigenvalue weighted by atomic mass is 9.56. The van der Waals surface area contributed by atoms with Crippen LogP contribution >= 0.6 is 0 Å². The SMILES string of the molecule is [OH2+]C12CCC(c3ccccc3)(CC1)CC2. The van der Waals surface area contributed by atoms with Crippen LogP contribution in [0.1, 0.15) is 44.1 Å². The molecule has 0 unspecified atom stereocenters. The summed E-state index contributed by atoms with van der Waals surface area (Å²) in [6.07, 6.45) is 7.05. The van der Waals surface area contributed by atoms with E-state index >= 15 is 0 Å². The van der Waals surface area contributed by atoms with Crippen molar-refractivity contribution >= 4 is 0 Å². The minimum Gasteiger partial charge on any atom is -0.441 e. The number of hydrogen-bond acceptors (Lipinski definition) is 0. The first-order chi connectivity index (χ1) is 7.23. The largest absolute Gasteiger partial charge is 0.441 e. The third-order valence-corrected chi connectivity index (χ3v) is 4.63. The van der Waals surface area contributed by atoms with Crippen LogP contribution in [0.3, 0.4) is 0 Å². The van der Waals surface area contributed by atoms with E-state index in [9.17, 15) is 0 Å². The maximum Gasteiger partial charge on any atom is 0.163 e. The second-order valence-corrected chi connectivity index (χ2v) is 5.43. The van der Waals surface area contributed by atoms with Gasteiger partial charge in [0.25, 0.3) is 0 Å². The van der Waals surface area contributed by atoms with Gasteiger partial charge in [0.2, 0.25) is 0 Å². The second kappa shape index (κ2) is 3.08. The van der Waals surface area contributed by atoms with Crippen molar-refractivity contribution in [2.45, 2.75) is 49.5 Å². The van der Waals surface area contributed by atoms with Crippen LogP contribution < -0.4 is 0 Å². The van der Waals surface area contributed by atoms with E-state index in [2.05, 4.69) is 30.3 Å². The maximum atomic E-state index is 8.26. The molecule has 0 saturated heterocycles. The van der Waals surface area contributed by atoms with Gasteiger partial charge in [-0.05, 0) is 30.2 Å². The number of benzene rings is 1. The Labute approximate surface area is 91.1 Å². The van der Waals surface area contributed by atoms with Crippen molar-refractivity contribution in [3.8, 4) is 0 Å². The average Bonchev–Trinajstić information content (AvgIpc) is 2.32. The van der Waals surface area contributed by atoms with Crippen molar-refractivity contribution in [3.05, 3.63) is 35.9 Å². The highest BCUT2D eigenvalue weighted by Gasteiger charge is 2.51. The average molecular weight is 203 g/mol. The summed E-state index contributed by atoms with van der Waals surface area (Å²) in [4.78, 5) is 0. The van der Waals surface area contributed by atoms with E-state index in [4.69, 9.17) is 5.11 Å². The van der Waals surface area contributed by atoms with E-state index < -0.39 is 0 Å². The van der Waals surface area contributed by atoms with Crippen LogP contribution in [0.2, 0.25) is 0 Å². The van der Waals surface area contributed by atoms with E-state index in [1.54, 1.807) is 0 Å². The molecule has 1 aromatic carbocycles. The normalized spacial score (nSPS) is 39.3. The van der Waals surface area contributed by atoms with Crippen LogP contribution in [0.25, 0.3) is 0 Å². The Kier molecular flexibility index (Phi) is 1.93. The van der Waals surface area contributed by atoms with E-state index in [0.29, 0.717) is 5.41 Å². The summed E-state index contributed by atoms with van der Waals surface area (Å²) in [5.74, 6) is 0. The van der Waals surface area contributed by atoms with Crippen molar-refractivity contribution < 1.29 is 5.11 Å². The predicted molar refractivity (Wildman–Crippen MR) is 62.2 cm³/mol. The van der Waals surface area contributed by atoms with Crippen LogP contribution in [0, 0.1) is 0 Å². The Balaban J connectivity index is 1.94. The summed E-state index contributed by atoms with van der Waals surface area (Å²) in [5.41, 5.74) is 1.90. The molecule has 15 heavy (non-hydrogen) atoms. The summed E-state index contributed by atoms with van der Waals surface area (Å²) in [6.45, 7) is 0. The van der Waals surface area contributed by atoms with Gasteiger partial charge in [0.05, 0.1) is 0 Å². The molecule has 0 aromatic heterocycles. The molecule has 0 heterocycles. The first kappa shape index (κ1) is 9.41. The number of fused-ring (bicyclic) bond motifs is 3. The summed E-state index contributed by atoms with van der Waals surface area (Å²) in [5, 5.41) is 8.26. The maximum absolute atomic E-state index is 8.26. The fourth-order valence-corrected chi connectivity index (χ4v) is 3.41. The Bertz CT molecular complexity index is 330. The summed E-state index contributed by atoms with van der Waals surface area (Å²) < 4.78 is 0. The summed E-state index contributed by atoms with van der Waals surface area (Å²) in [7, 11) is 0. The van der Waals surface area contributed by atoms with Gasteiger partial charge in [0.15, 0.2) is 5.60 Å². The van der Waals surface area contributed by atoms with Gasteiger partial charge >= 0.3 is 0 Å². The molecule has 0 spiro atoms. The first-order valence-electron chi connectivity index (χ1n) is 6.03. The van der Waals surface area contributed by atoms with Crippen molar-refractivity contribution in [3.63, 3.8) is 0 Å². The zero-order valence-electron chi connectivity index (χ0n) is 9.13. The van der Waals surface area contributed by atoms with Gasteiger partial charge in [-0.3, -0.25) is 0 Å². The fraction of sp³-hybridized carbons (Fsp3) is 0.571. The van der Waals surface area contributed by atoms with Gasteiger partial charge in [0.1, 0.15) is 0 Å². The zero-order valence-corrected chi connectivity index (χ0v) is 9.13. The minimum atomic E-state index is -0.0590. The van der Waals surface area contributed by atoms with Gasteiger partial charge in [-0.25, -0.2) is 0 Å². The van der Waals surface area contributed by atoms with Crippen molar-refractivity contribution in [1.29, 1.82) is 0 Å². The van der Waals surface area contributed by atoms with Crippen LogP contribution in [0.5, 0.6) is 0 Å². The lowest BCUT2D eigenvalue weighted by molar-refractivity contribution is -0.0660. The molecule has 0 atom stereocenters. The van der Waals surface area contributed by atoms with Gasteiger partial charge in [-0.2, -0.15) is 0 Å². The van der Waals surface area contributed by atoms with E-state index in [-0.39, 0.29) is 5.60 Å². The molecule has 3 aliphatic rings. The lowest BCUT2D eigenvalue weighted by Gasteiger charge is -2.48. The molecule has 1 heteroatoms. The molecular weight excluding hydrogens is 184 g/mol. The second-order valence-electron chi connectivity index (χ2n) is 5.43. The van der Waals surface area contributed by atoms with Gasteiger partial charge < -0.3 is 5.11 Å². The van der Waals surface area contributed by atoms with Crippen molar-refractivity contribution in [1.82, 2.24) is 0 Å². The summed E-state index contributed by atoms with van der Waals surface area (Å²) in [6, 6.07) is 11.0. The molecule has 1 nitrogen and oxygen atoms in total. The predicted octanol–water partition coefficient (Wildman–Crippen LogP) is 2.76. The highest BCUT2D eigenvalue weighted by Crippen LogP contribution is 2.53. The van der Waals surface area contributed by atoms with Gasteiger partial charge in [0, 0.05) is 19.3 Å². The third-order valence-electron chi connectivity index (χ3n) is 4.63. The van der Waals surface area contributed by atoms with E-state index in [1.807, 2.05) is 0 Å². The van der Waals surface area contributed by atoms with Gasteiger partial charge in [-0.15, -0.1) is 0 Å². The van der Waals surface area contributed by atoms with E-state index in [0.717, 1.165) is 19.3 Å². The Morgan fingerprint density at radius 3 is 1.87 bits per heavy atom. The molecule has 0 aliphatic heterocycles. The highest BCUT2D eigenvalue weighted by molar-refractivity contribution is 5.28. The molecule has 80 valence electrons. The first-order valence-corrected chi connectivity index (χ1v) is 6.03. The molecule has 4 rings (SSSR count). The monoisotopic (exact) mass is 203 g/mol. The standard InChI is InChI=1S/C14H18O/c15-14-9-6-13(7-10-14,8-11-14)12-4-2-1-3-5-12/h1-5,15H,6-11H2/p+1. The quantitative estimate of drug-likeness (QED) is 0.626. The lowest BCUT2D eigenvalue weighted by Crippen LogP contribution is -2.48. The van der Waals surface area contributed by atoms with Crippen LogP contribution in [-0.4, -0.2) is 10.7 Å².